The molecule has 0 aliphatic rings. The molecule has 0 aromatic carbocycles. The number of hydrogen-bond acceptors (Lipinski definition) is 10. The molecule has 0 heterocycles. The second-order valence-electron chi connectivity index (χ2n) is 5.01. The molecule has 140 valence electrons. The highest BCUT2D eigenvalue weighted by Gasteiger charge is 2.50. The molecule has 0 aliphatic carbocycles. The van der Waals surface area contributed by atoms with E-state index in [9.17, 15) is 33.7 Å². The molecular formula is C7H16O12S4. The smallest absolute Gasteiger partial charge is 0.284 e. The molecule has 2 N–H and O–H groups in total. The maximum atomic E-state index is 11.6. The molecule has 0 spiro atoms. The van der Waals surface area contributed by atoms with E-state index >= 15 is 0 Å². The SMILES string of the molecule is CC(C)(S(=O)(=O)O)S(=O)(=O)OCOS(=O)(=O)C(C)(C)S(=O)(=O)O. The molecule has 0 aliphatic heterocycles. The van der Waals surface area contributed by atoms with E-state index < -0.39 is 55.4 Å². The van der Waals surface area contributed by atoms with Crippen molar-refractivity contribution in [1.29, 1.82) is 0 Å². The number of hydrogen-bond donors (Lipinski definition) is 2. The normalized spacial score (nSPS) is 15.6. The third kappa shape index (κ3) is 4.38. The molecule has 0 aromatic heterocycles. The minimum atomic E-state index is -5.13. The summed E-state index contributed by atoms with van der Waals surface area (Å²) < 4.78 is 110. The maximum Gasteiger partial charge on any atom is 0.291 e. The van der Waals surface area contributed by atoms with Gasteiger partial charge < -0.3 is 0 Å². The van der Waals surface area contributed by atoms with Crippen molar-refractivity contribution in [3.05, 3.63) is 0 Å². The monoisotopic (exact) mass is 420 g/mol. The Kier molecular flexibility index (Phi) is 6.08. The quantitative estimate of drug-likeness (QED) is 0.273. The first-order valence-corrected chi connectivity index (χ1v) is 11.1. The van der Waals surface area contributed by atoms with Gasteiger partial charge >= 0.3 is 0 Å². The van der Waals surface area contributed by atoms with E-state index in [0.29, 0.717) is 27.7 Å². The van der Waals surface area contributed by atoms with E-state index in [-0.39, 0.29) is 0 Å². The zero-order valence-corrected chi connectivity index (χ0v) is 15.6. The van der Waals surface area contributed by atoms with Gasteiger partial charge in [-0.1, -0.05) is 0 Å². The van der Waals surface area contributed by atoms with Crippen LogP contribution < -0.4 is 0 Å². The van der Waals surface area contributed by atoms with Crippen LogP contribution in [0.5, 0.6) is 0 Å². The molecule has 0 unspecified atom stereocenters. The Labute approximate surface area is 134 Å². The lowest BCUT2D eigenvalue weighted by Crippen LogP contribution is -2.43. The van der Waals surface area contributed by atoms with Crippen molar-refractivity contribution in [2.24, 2.45) is 0 Å². The van der Waals surface area contributed by atoms with E-state index in [1.807, 2.05) is 0 Å². The van der Waals surface area contributed by atoms with Gasteiger partial charge in [0.25, 0.3) is 40.5 Å². The van der Waals surface area contributed by atoms with Crippen molar-refractivity contribution < 1.29 is 51.1 Å². The maximum absolute atomic E-state index is 11.6. The fourth-order valence-electron chi connectivity index (χ4n) is 0.688. The highest BCUT2D eigenvalue weighted by atomic mass is 32.3. The summed E-state index contributed by atoms with van der Waals surface area (Å²) in [6.45, 7) is 0.647. The summed E-state index contributed by atoms with van der Waals surface area (Å²) in [6.07, 6.45) is 0. The van der Waals surface area contributed by atoms with Gasteiger partial charge in [-0.25, -0.2) is 8.37 Å². The molecule has 0 saturated carbocycles. The molecule has 23 heavy (non-hydrogen) atoms. The standard InChI is InChI=1S/C7H16O12S4/c1-6(2,20(8,9)10)22(14,15)18-5-19-23(16,17)7(3,4)21(11,12)13/h5H2,1-4H3,(H,8,9,10)(H,11,12,13). The average Bonchev–Trinajstić information content (AvgIpc) is 2.24. The van der Waals surface area contributed by atoms with Crippen LogP contribution in [-0.2, 0) is 48.8 Å². The van der Waals surface area contributed by atoms with Crippen molar-refractivity contribution >= 4 is 40.5 Å². The largest absolute Gasteiger partial charge is 0.291 e. The third-order valence-corrected chi connectivity index (χ3v) is 11.0. The second-order valence-corrected chi connectivity index (χ2v) is 13.8. The lowest BCUT2D eigenvalue weighted by Gasteiger charge is -2.22. The fraction of sp³-hybridized carbons (Fsp3) is 1.00. The molecule has 0 amide bonds. The van der Waals surface area contributed by atoms with Crippen LogP contribution in [0.2, 0.25) is 0 Å². The van der Waals surface area contributed by atoms with Crippen molar-refractivity contribution in [3.8, 4) is 0 Å². The zero-order valence-electron chi connectivity index (χ0n) is 12.3. The van der Waals surface area contributed by atoms with Gasteiger partial charge in [-0.2, -0.15) is 33.7 Å². The Morgan fingerprint density at radius 2 is 0.870 bits per heavy atom. The summed E-state index contributed by atoms with van der Waals surface area (Å²) in [4.78, 5) is 0. The van der Waals surface area contributed by atoms with Crippen LogP contribution in [0.3, 0.4) is 0 Å². The van der Waals surface area contributed by atoms with Gasteiger partial charge in [0.2, 0.25) is 8.16 Å². The summed E-state index contributed by atoms with van der Waals surface area (Å²) in [7, 11) is -20.4. The van der Waals surface area contributed by atoms with Gasteiger partial charge in [-0.3, -0.25) is 9.11 Å². The number of rotatable bonds is 8. The van der Waals surface area contributed by atoms with E-state index in [0.717, 1.165) is 0 Å². The molecule has 0 rings (SSSR count). The first kappa shape index (κ1) is 22.6. The lowest BCUT2D eigenvalue weighted by atomic mass is 10.5. The summed E-state index contributed by atoms with van der Waals surface area (Å²) in [5.74, 6) is 0. The van der Waals surface area contributed by atoms with Crippen LogP contribution in [0.4, 0.5) is 0 Å². The van der Waals surface area contributed by atoms with Crippen LogP contribution in [0.1, 0.15) is 27.7 Å². The second kappa shape index (κ2) is 6.17. The minimum Gasteiger partial charge on any atom is -0.284 e. The predicted molar refractivity (Wildman–Crippen MR) is 76.1 cm³/mol. The molecule has 0 fully saturated rings. The first-order chi connectivity index (χ1) is 9.71. The Hall–Kier alpha value is -0.360. The minimum absolute atomic E-state index is 0.564. The van der Waals surface area contributed by atoms with Crippen LogP contribution in [-0.4, -0.2) is 57.7 Å². The molecule has 0 aromatic rings. The molecule has 0 radical (unpaired) electrons. The van der Waals surface area contributed by atoms with E-state index in [4.69, 9.17) is 9.11 Å². The van der Waals surface area contributed by atoms with Crippen LogP contribution in [0, 0.1) is 0 Å². The van der Waals surface area contributed by atoms with Gasteiger partial charge in [0.15, 0.2) is 6.79 Å². The molecule has 16 heteroatoms. The van der Waals surface area contributed by atoms with E-state index in [1.165, 1.54) is 0 Å². The summed E-state index contributed by atoms with van der Waals surface area (Å²) >= 11 is 0. The fourth-order valence-corrected chi connectivity index (χ4v) is 4.02. The first-order valence-electron chi connectivity index (χ1n) is 5.43. The molecule has 12 nitrogen and oxygen atoms in total. The highest BCUT2D eigenvalue weighted by Crippen LogP contribution is 2.27. The Morgan fingerprint density at radius 3 is 1.04 bits per heavy atom. The summed E-state index contributed by atoms with van der Waals surface area (Å²) in [5, 5.41) is 0. The summed E-state index contributed by atoms with van der Waals surface area (Å²) in [5.41, 5.74) is 0. The van der Waals surface area contributed by atoms with Gasteiger partial charge in [0.1, 0.15) is 0 Å². The van der Waals surface area contributed by atoms with Gasteiger partial charge in [0, 0.05) is 0 Å². The van der Waals surface area contributed by atoms with Gasteiger partial charge in [0.05, 0.1) is 0 Å². The van der Waals surface area contributed by atoms with Crippen LogP contribution in [0.25, 0.3) is 0 Å². The zero-order chi connectivity index (χ0) is 19.1. The molecule has 0 saturated heterocycles. The Morgan fingerprint density at radius 1 is 0.652 bits per heavy atom. The van der Waals surface area contributed by atoms with Crippen molar-refractivity contribution in [2.75, 3.05) is 6.79 Å². The van der Waals surface area contributed by atoms with E-state index in [2.05, 4.69) is 8.37 Å². The van der Waals surface area contributed by atoms with Gasteiger partial charge in [-0.05, 0) is 27.7 Å². The molecule has 0 atom stereocenters. The van der Waals surface area contributed by atoms with E-state index in [1.54, 1.807) is 0 Å². The predicted octanol–water partition coefficient (Wildman–Crippen LogP) is -1.12. The lowest BCUT2D eigenvalue weighted by molar-refractivity contribution is 0.127. The third-order valence-electron chi connectivity index (χ3n) is 2.85. The van der Waals surface area contributed by atoms with Crippen molar-refractivity contribution in [3.63, 3.8) is 0 Å². The van der Waals surface area contributed by atoms with Crippen LogP contribution in [0.15, 0.2) is 0 Å². The average molecular weight is 420 g/mol. The molecule has 0 bridgehead atoms. The molecular weight excluding hydrogens is 404 g/mol. The topological polar surface area (TPSA) is 195 Å². The van der Waals surface area contributed by atoms with Crippen molar-refractivity contribution in [2.45, 2.75) is 35.9 Å². The summed E-state index contributed by atoms with van der Waals surface area (Å²) in [6, 6.07) is 0. The van der Waals surface area contributed by atoms with Crippen LogP contribution >= 0.6 is 0 Å². The highest BCUT2D eigenvalue weighted by molar-refractivity contribution is 8.06. The Bertz CT molecular complexity index is 782. The van der Waals surface area contributed by atoms with Gasteiger partial charge in [-0.15, -0.1) is 0 Å². The van der Waals surface area contributed by atoms with Crippen molar-refractivity contribution in [1.82, 2.24) is 0 Å². The Balaban J connectivity index is 5.35.